The summed E-state index contributed by atoms with van der Waals surface area (Å²) in [6.07, 6.45) is 5.62. The molecular formula is C16H24N2O. The predicted molar refractivity (Wildman–Crippen MR) is 78.4 cm³/mol. The van der Waals surface area contributed by atoms with Crippen LogP contribution < -0.4 is 4.90 Å². The summed E-state index contributed by atoms with van der Waals surface area (Å²) in [4.78, 5) is 5.10. The van der Waals surface area contributed by atoms with Crippen LogP contribution in [0.4, 0.5) is 5.69 Å². The Morgan fingerprint density at radius 2 is 1.68 bits per heavy atom. The van der Waals surface area contributed by atoms with Crippen LogP contribution >= 0.6 is 0 Å². The van der Waals surface area contributed by atoms with Crippen LogP contribution in [-0.4, -0.2) is 42.2 Å². The molecule has 3 heteroatoms. The summed E-state index contributed by atoms with van der Waals surface area (Å²) >= 11 is 0. The molecule has 1 saturated heterocycles. The van der Waals surface area contributed by atoms with Crippen LogP contribution in [0.15, 0.2) is 24.3 Å². The van der Waals surface area contributed by atoms with Gasteiger partial charge in [-0.05, 0) is 18.9 Å². The Morgan fingerprint density at radius 3 is 2.37 bits per heavy atom. The number of aliphatic hydroxyl groups is 1. The van der Waals surface area contributed by atoms with Gasteiger partial charge in [0.15, 0.2) is 0 Å². The monoisotopic (exact) mass is 260 g/mol. The summed E-state index contributed by atoms with van der Waals surface area (Å²) in [5.41, 5.74) is 2.27. The van der Waals surface area contributed by atoms with Crippen molar-refractivity contribution >= 4 is 5.69 Å². The molecule has 1 saturated carbocycles. The summed E-state index contributed by atoms with van der Waals surface area (Å²) < 4.78 is 0. The fourth-order valence-electron chi connectivity index (χ4n) is 3.55. The molecule has 1 aliphatic carbocycles. The summed E-state index contributed by atoms with van der Waals surface area (Å²) in [6.45, 7) is 4.66. The fraction of sp³-hybridized carbons (Fsp3) is 0.625. The van der Waals surface area contributed by atoms with Gasteiger partial charge in [-0.3, -0.25) is 4.90 Å². The Bertz CT molecular complexity index is 407. The molecule has 1 heterocycles. The highest BCUT2D eigenvalue weighted by molar-refractivity contribution is 5.53. The molecule has 1 N–H and O–H groups in total. The topological polar surface area (TPSA) is 26.7 Å². The summed E-state index contributed by atoms with van der Waals surface area (Å²) in [6, 6.07) is 9.08. The fourth-order valence-corrected chi connectivity index (χ4v) is 3.55. The maximum atomic E-state index is 9.44. The molecule has 2 aliphatic rings. The van der Waals surface area contributed by atoms with Gasteiger partial charge in [-0.2, -0.15) is 0 Å². The van der Waals surface area contributed by atoms with Crippen LogP contribution in [0.25, 0.3) is 0 Å². The number of benzene rings is 1. The largest absolute Gasteiger partial charge is 0.392 e. The second kappa shape index (κ2) is 5.93. The number of para-hydroxylation sites is 1. The average Bonchev–Trinajstić information content (AvgIpc) is 3.02. The average molecular weight is 260 g/mol. The third kappa shape index (κ3) is 2.77. The van der Waals surface area contributed by atoms with E-state index in [1.54, 1.807) is 0 Å². The van der Waals surface area contributed by atoms with Gasteiger partial charge in [0, 0.05) is 43.5 Å². The minimum absolute atomic E-state index is 0.138. The summed E-state index contributed by atoms with van der Waals surface area (Å²) in [5.74, 6) is 0. The van der Waals surface area contributed by atoms with E-state index in [0.717, 1.165) is 24.7 Å². The van der Waals surface area contributed by atoms with Crippen molar-refractivity contribution in [1.29, 1.82) is 0 Å². The van der Waals surface area contributed by atoms with E-state index in [0.29, 0.717) is 0 Å². The molecule has 0 atom stereocenters. The quantitative estimate of drug-likeness (QED) is 0.903. The normalized spacial score (nSPS) is 22.1. The first kappa shape index (κ1) is 12.9. The van der Waals surface area contributed by atoms with Crippen molar-refractivity contribution in [2.75, 3.05) is 31.1 Å². The van der Waals surface area contributed by atoms with Crippen LogP contribution in [0, 0.1) is 0 Å². The van der Waals surface area contributed by atoms with E-state index >= 15 is 0 Å². The van der Waals surface area contributed by atoms with Crippen LogP contribution in [0.3, 0.4) is 0 Å². The Morgan fingerprint density at radius 1 is 1.00 bits per heavy atom. The van der Waals surface area contributed by atoms with Crippen molar-refractivity contribution in [1.82, 2.24) is 4.90 Å². The molecule has 0 unspecified atom stereocenters. The van der Waals surface area contributed by atoms with Gasteiger partial charge in [0.25, 0.3) is 0 Å². The Labute approximate surface area is 115 Å². The molecular weight excluding hydrogens is 236 g/mol. The first-order valence-corrected chi connectivity index (χ1v) is 7.56. The highest BCUT2D eigenvalue weighted by Gasteiger charge is 2.26. The second-order valence-electron chi connectivity index (χ2n) is 5.75. The lowest BCUT2D eigenvalue weighted by Gasteiger charge is -2.39. The number of rotatable bonds is 3. The standard InChI is InChI=1S/C16H24N2O/c19-13-14-5-1-4-8-16(14)18-11-9-17(10-12-18)15-6-2-3-7-15/h1,4-5,8,15,19H,2-3,6-7,9-13H2. The molecule has 1 aromatic carbocycles. The molecule has 104 valence electrons. The number of aliphatic hydroxyl groups excluding tert-OH is 1. The van der Waals surface area contributed by atoms with Crippen LogP contribution in [-0.2, 0) is 6.61 Å². The molecule has 0 amide bonds. The van der Waals surface area contributed by atoms with Gasteiger partial charge in [0.2, 0.25) is 0 Å². The zero-order chi connectivity index (χ0) is 13.1. The van der Waals surface area contributed by atoms with E-state index in [9.17, 15) is 5.11 Å². The first-order chi connectivity index (χ1) is 9.38. The Hall–Kier alpha value is -1.06. The summed E-state index contributed by atoms with van der Waals surface area (Å²) in [5, 5.41) is 9.44. The van der Waals surface area contributed by atoms with Gasteiger partial charge in [-0.25, -0.2) is 0 Å². The van der Waals surface area contributed by atoms with E-state index in [1.165, 1.54) is 44.5 Å². The molecule has 0 radical (unpaired) electrons. The maximum absolute atomic E-state index is 9.44. The molecule has 0 aromatic heterocycles. The lowest BCUT2D eigenvalue weighted by molar-refractivity contribution is 0.187. The van der Waals surface area contributed by atoms with Crippen molar-refractivity contribution in [3.8, 4) is 0 Å². The Kier molecular flexibility index (Phi) is 4.04. The molecule has 0 bridgehead atoms. The third-order valence-corrected chi connectivity index (χ3v) is 4.66. The highest BCUT2D eigenvalue weighted by Crippen LogP contribution is 2.26. The van der Waals surface area contributed by atoms with Crippen LogP contribution in [0.5, 0.6) is 0 Å². The van der Waals surface area contributed by atoms with E-state index in [2.05, 4.69) is 21.9 Å². The molecule has 1 aliphatic heterocycles. The van der Waals surface area contributed by atoms with E-state index in [-0.39, 0.29) is 6.61 Å². The van der Waals surface area contributed by atoms with Crippen molar-refractivity contribution in [2.24, 2.45) is 0 Å². The third-order valence-electron chi connectivity index (χ3n) is 4.66. The van der Waals surface area contributed by atoms with Crippen LogP contribution in [0.1, 0.15) is 31.2 Å². The van der Waals surface area contributed by atoms with Crippen LogP contribution in [0.2, 0.25) is 0 Å². The molecule has 3 rings (SSSR count). The smallest absolute Gasteiger partial charge is 0.0702 e. The number of nitrogens with zero attached hydrogens (tertiary/aromatic N) is 2. The minimum Gasteiger partial charge on any atom is -0.392 e. The van der Waals surface area contributed by atoms with Crippen molar-refractivity contribution in [3.63, 3.8) is 0 Å². The molecule has 3 nitrogen and oxygen atoms in total. The zero-order valence-corrected chi connectivity index (χ0v) is 11.6. The van der Waals surface area contributed by atoms with Crippen molar-refractivity contribution in [3.05, 3.63) is 29.8 Å². The van der Waals surface area contributed by atoms with Gasteiger partial charge in [-0.15, -0.1) is 0 Å². The number of hydrogen-bond acceptors (Lipinski definition) is 3. The summed E-state index contributed by atoms with van der Waals surface area (Å²) in [7, 11) is 0. The number of piperazine rings is 1. The highest BCUT2D eigenvalue weighted by atomic mass is 16.3. The SMILES string of the molecule is OCc1ccccc1N1CCN(C2CCCC2)CC1. The first-order valence-electron chi connectivity index (χ1n) is 7.56. The molecule has 2 fully saturated rings. The van der Waals surface area contributed by atoms with Gasteiger partial charge in [0.05, 0.1) is 6.61 Å². The van der Waals surface area contributed by atoms with Crippen molar-refractivity contribution in [2.45, 2.75) is 38.3 Å². The van der Waals surface area contributed by atoms with E-state index < -0.39 is 0 Å². The van der Waals surface area contributed by atoms with Gasteiger partial charge in [-0.1, -0.05) is 31.0 Å². The Balaban J connectivity index is 1.63. The second-order valence-corrected chi connectivity index (χ2v) is 5.75. The van der Waals surface area contributed by atoms with E-state index in [1.807, 2.05) is 12.1 Å². The van der Waals surface area contributed by atoms with Crippen molar-refractivity contribution < 1.29 is 5.11 Å². The zero-order valence-electron chi connectivity index (χ0n) is 11.6. The number of hydrogen-bond donors (Lipinski definition) is 1. The molecule has 1 aromatic rings. The predicted octanol–water partition coefficient (Wildman–Crippen LogP) is 2.24. The lowest BCUT2D eigenvalue weighted by Crippen LogP contribution is -2.50. The van der Waals surface area contributed by atoms with Gasteiger partial charge in [0.1, 0.15) is 0 Å². The lowest BCUT2D eigenvalue weighted by atomic mass is 10.1. The molecule has 19 heavy (non-hydrogen) atoms. The molecule has 0 spiro atoms. The number of anilines is 1. The van der Waals surface area contributed by atoms with Gasteiger partial charge >= 0.3 is 0 Å². The maximum Gasteiger partial charge on any atom is 0.0702 e. The minimum atomic E-state index is 0.138. The van der Waals surface area contributed by atoms with Gasteiger partial charge < -0.3 is 10.0 Å². The van der Waals surface area contributed by atoms with E-state index in [4.69, 9.17) is 0 Å².